The smallest absolute Gasteiger partial charge is 0.147 e. The van der Waals surface area contributed by atoms with Crippen LogP contribution in [-0.2, 0) is 11.2 Å². The summed E-state index contributed by atoms with van der Waals surface area (Å²) < 4.78 is 19.8. The van der Waals surface area contributed by atoms with Gasteiger partial charge in [-0.1, -0.05) is 69.2 Å². The Morgan fingerprint density at radius 3 is 1.71 bits per heavy atom. The molecule has 4 aliphatic rings. The van der Waals surface area contributed by atoms with Crippen LogP contribution in [0.15, 0.2) is 12.1 Å². The predicted molar refractivity (Wildman–Crippen MR) is 140 cm³/mol. The van der Waals surface area contributed by atoms with Crippen LogP contribution in [0.5, 0.6) is 0 Å². The maximum atomic E-state index is 14.6. The standard InChI is InChI=1S/C31H46ClFO/c1-2-3-21-4-9-23(10-5-21)25-14-16-26(17-15-25)24-11-6-22(7-12-24)8-13-27-18-19-28(29-20-34-29)31(33)30(27)32/h18-19,21-26,29H,2-17,20H2,1H3. The van der Waals surface area contributed by atoms with E-state index < -0.39 is 0 Å². The Kier molecular flexibility index (Phi) is 8.58. The minimum Gasteiger partial charge on any atom is -0.368 e. The summed E-state index contributed by atoms with van der Waals surface area (Å²) in [5, 5.41) is 0.331. The van der Waals surface area contributed by atoms with Crippen LogP contribution in [-0.4, -0.2) is 6.61 Å². The summed E-state index contributed by atoms with van der Waals surface area (Å²) in [6.45, 7) is 2.97. The lowest BCUT2D eigenvalue weighted by atomic mass is 9.64. The number of halogens is 2. The van der Waals surface area contributed by atoms with Crippen LogP contribution >= 0.6 is 11.6 Å². The van der Waals surface area contributed by atoms with Gasteiger partial charge in [0.25, 0.3) is 0 Å². The number of benzene rings is 1. The summed E-state index contributed by atoms with van der Waals surface area (Å²) in [6.07, 6.45) is 22.5. The fourth-order valence-corrected chi connectivity index (χ4v) is 8.29. The Morgan fingerprint density at radius 2 is 1.24 bits per heavy atom. The molecule has 0 radical (unpaired) electrons. The maximum absolute atomic E-state index is 14.6. The Balaban J connectivity index is 1.02. The van der Waals surface area contributed by atoms with E-state index in [-0.39, 0.29) is 11.9 Å². The summed E-state index contributed by atoms with van der Waals surface area (Å²) in [4.78, 5) is 0. The van der Waals surface area contributed by atoms with Crippen LogP contribution in [0.25, 0.3) is 0 Å². The molecule has 5 rings (SSSR count). The van der Waals surface area contributed by atoms with E-state index in [2.05, 4.69) is 6.92 Å². The fraction of sp³-hybridized carbons (Fsp3) is 0.806. The third-order valence-electron chi connectivity index (χ3n) is 10.3. The summed E-state index contributed by atoms with van der Waals surface area (Å²) in [5.41, 5.74) is 1.61. The van der Waals surface area contributed by atoms with Crippen molar-refractivity contribution in [1.29, 1.82) is 0 Å². The fourth-order valence-electron chi connectivity index (χ4n) is 8.03. The Hall–Kier alpha value is -0.600. The molecule has 1 heterocycles. The zero-order valence-corrected chi connectivity index (χ0v) is 22.1. The largest absolute Gasteiger partial charge is 0.368 e. The van der Waals surface area contributed by atoms with Crippen molar-refractivity contribution in [2.24, 2.45) is 35.5 Å². The zero-order valence-electron chi connectivity index (χ0n) is 21.4. The number of ether oxygens (including phenoxy) is 1. The molecular formula is C31H46ClFO. The lowest BCUT2D eigenvalue weighted by Gasteiger charge is -2.41. The number of epoxide rings is 1. The molecule has 34 heavy (non-hydrogen) atoms. The Morgan fingerprint density at radius 1 is 0.765 bits per heavy atom. The van der Waals surface area contributed by atoms with E-state index in [4.69, 9.17) is 16.3 Å². The Labute approximate surface area is 212 Å². The summed E-state index contributed by atoms with van der Waals surface area (Å²) >= 11 is 6.37. The molecule has 3 aliphatic carbocycles. The van der Waals surface area contributed by atoms with Crippen LogP contribution in [0.3, 0.4) is 0 Å². The van der Waals surface area contributed by atoms with E-state index in [0.29, 0.717) is 17.2 Å². The minimum absolute atomic E-state index is 0.0716. The lowest BCUT2D eigenvalue weighted by molar-refractivity contribution is 0.102. The van der Waals surface area contributed by atoms with Gasteiger partial charge in [-0.15, -0.1) is 0 Å². The molecule has 1 atom stereocenters. The number of hydrogen-bond donors (Lipinski definition) is 0. The van der Waals surface area contributed by atoms with E-state index in [0.717, 1.165) is 53.9 Å². The molecule has 1 aromatic rings. The zero-order chi connectivity index (χ0) is 23.5. The highest BCUT2D eigenvalue weighted by atomic mass is 35.5. The van der Waals surface area contributed by atoms with Crippen molar-refractivity contribution >= 4 is 11.6 Å². The monoisotopic (exact) mass is 488 g/mol. The summed E-state index contributed by atoms with van der Waals surface area (Å²) in [7, 11) is 0. The van der Waals surface area contributed by atoms with E-state index in [1.165, 1.54) is 89.9 Å². The van der Waals surface area contributed by atoms with Gasteiger partial charge in [0.05, 0.1) is 11.6 Å². The molecule has 3 heteroatoms. The highest BCUT2D eigenvalue weighted by Gasteiger charge is 2.35. The molecule has 190 valence electrons. The van der Waals surface area contributed by atoms with Crippen molar-refractivity contribution in [3.8, 4) is 0 Å². The minimum atomic E-state index is -0.255. The van der Waals surface area contributed by atoms with Crippen LogP contribution in [0.1, 0.15) is 120 Å². The first-order chi connectivity index (χ1) is 16.6. The Bertz CT molecular complexity index is 781. The SMILES string of the molecule is CCCC1CCC(C2CCC(C3CCC(CCc4ccc(C5CO5)c(F)c4Cl)CC3)CC2)CC1. The lowest BCUT2D eigenvalue weighted by Crippen LogP contribution is -2.29. The van der Waals surface area contributed by atoms with E-state index >= 15 is 0 Å². The second-order valence-electron chi connectivity index (χ2n) is 12.3. The van der Waals surface area contributed by atoms with E-state index in [9.17, 15) is 4.39 Å². The summed E-state index contributed by atoms with van der Waals surface area (Å²) in [6, 6.07) is 3.92. The quantitative estimate of drug-likeness (QED) is 0.331. The molecule has 3 saturated carbocycles. The van der Waals surface area contributed by atoms with Crippen molar-refractivity contribution in [3.63, 3.8) is 0 Å². The molecule has 0 spiro atoms. The first-order valence-electron chi connectivity index (χ1n) is 14.7. The van der Waals surface area contributed by atoms with Gasteiger partial charge in [0.2, 0.25) is 0 Å². The van der Waals surface area contributed by atoms with Crippen LogP contribution in [0.4, 0.5) is 4.39 Å². The maximum Gasteiger partial charge on any atom is 0.147 e. The average Bonchev–Trinajstić information content (AvgIpc) is 3.72. The molecular weight excluding hydrogens is 443 g/mol. The molecule has 1 aliphatic heterocycles. The van der Waals surface area contributed by atoms with E-state index in [1.807, 2.05) is 12.1 Å². The van der Waals surface area contributed by atoms with Crippen molar-refractivity contribution in [3.05, 3.63) is 34.1 Å². The van der Waals surface area contributed by atoms with Crippen molar-refractivity contribution in [2.75, 3.05) is 6.61 Å². The van der Waals surface area contributed by atoms with Gasteiger partial charge in [0.1, 0.15) is 11.9 Å². The second kappa shape index (κ2) is 11.6. The molecule has 0 amide bonds. The molecule has 0 bridgehead atoms. The molecule has 1 aromatic carbocycles. The van der Waals surface area contributed by atoms with E-state index in [1.54, 1.807) is 0 Å². The molecule has 1 nitrogen and oxygen atoms in total. The van der Waals surface area contributed by atoms with Gasteiger partial charge in [-0.05, 0) is 105 Å². The molecule has 1 unspecified atom stereocenters. The molecule has 4 fully saturated rings. The van der Waals surface area contributed by atoms with Crippen molar-refractivity contribution in [1.82, 2.24) is 0 Å². The van der Waals surface area contributed by atoms with Gasteiger partial charge in [-0.3, -0.25) is 0 Å². The first kappa shape index (κ1) is 25.1. The van der Waals surface area contributed by atoms with Crippen molar-refractivity contribution < 1.29 is 9.13 Å². The molecule has 0 aromatic heterocycles. The third kappa shape index (κ3) is 6.03. The van der Waals surface area contributed by atoms with Crippen LogP contribution in [0, 0.1) is 41.3 Å². The van der Waals surface area contributed by atoms with Crippen molar-refractivity contribution in [2.45, 2.75) is 116 Å². The van der Waals surface area contributed by atoms with Gasteiger partial charge < -0.3 is 4.74 Å². The first-order valence-corrected chi connectivity index (χ1v) is 15.1. The highest BCUT2D eigenvalue weighted by molar-refractivity contribution is 6.31. The molecule has 1 saturated heterocycles. The number of aryl methyl sites for hydroxylation is 1. The third-order valence-corrected chi connectivity index (χ3v) is 10.7. The van der Waals surface area contributed by atoms with Gasteiger partial charge in [-0.25, -0.2) is 4.39 Å². The molecule has 0 N–H and O–H groups in total. The predicted octanol–water partition coefficient (Wildman–Crippen LogP) is 9.70. The van der Waals surface area contributed by atoms with Gasteiger partial charge in [0.15, 0.2) is 0 Å². The summed E-state index contributed by atoms with van der Waals surface area (Å²) in [5.74, 6) is 5.63. The highest BCUT2D eigenvalue weighted by Crippen LogP contribution is 2.47. The topological polar surface area (TPSA) is 12.5 Å². The van der Waals surface area contributed by atoms with Gasteiger partial charge >= 0.3 is 0 Å². The number of hydrogen-bond acceptors (Lipinski definition) is 1. The van der Waals surface area contributed by atoms with Crippen LogP contribution < -0.4 is 0 Å². The van der Waals surface area contributed by atoms with Gasteiger partial charge in [0, 0.05) is 5.56 Å². The number of rotatable bonds is 8. The average molecular weight is 489 g/mol. The second-order valence-corrected chi connectivity index (χ2v) is 12.7. The van der Waals surface area contributed by atoms with Gasteiger partial charge in [-0.2, -0.15) is 0 Å². The normalized spacial score (nSPS) is 36.4. The van der Waals surface area contributed by atoms with Crippen LogP contribution in [0.2, 0.25) is 5.02 Å².